The van der Waals surface area contributed by atoms with Crippen LogP contribution in [0, 0.1) is 0 Å². The summed E-state index contributed by atoms with van der Waals surface area (Å²) in [4.78, 5) is 26.8. The Bertz CT molecular complexity index is 695. The largest absolute Gasteiger partial charge is 0.366 e. The molecule has 0 spiro atoms. The number of aromatic nitrogens is 1. The average molecular weight is 253 g/mol. The Morgan fingerprint density at radius 2 is 2.16 bits per heavy atom. The molecule has 3 rings (SSSR count). The third-order valence-electron chi connectivity index (χ3n) is 3.13. The maximum Gasteiger partial charge on any atom is 0.249 e. The van der Waals surface area contributed by atoms with Gasteiger partial charge in [-0.15, -0.1) is 0 Å². The minimum atomic E-state index is -0.493. The van der Waals surface area contributed by atoms with Gasteiger partial charge in [-0.3, -0.25) is 14.6 Å². The van der Waals surface area contributed by atoms with Crippen LogP contribution in [-0.2, 0) is 11.2 Å². The van der Waals surface area contributed by atoms with Crippen molar-refractivity contribution in [3.05, 3.63) is 47.8 Å². The summed E-state index contributed by atoms with van der Waals surface area (Å²) in [5.74, 6) is -0.513. The zero-order valence-corrected chi connectivity index (χ0v) is 10.0. The minimum absolute atomic E-state index is 0.0199. The number of nitrogens with zero attached hydrogens (tertiary/aromatic N) is 1. The number of carbonyl (C=O) groups is 2. The van der Waals surface area contributed by atoms with Crippen LogP contribution in [-0.4, -0.2) is 16.8 Å². The Kier molecular flexibility index (Phi) is 2.52. The predicted octanol–water partition coefficient (Wildman–Crippen LogP) is 1.34. The molecule has 1 aliphatic rings. The van der Waals surface area contributed by atoms with Crippen molar-refractivity contribution in [2.24, 2.45) is 5.73 Å². The van der Waals surface area contributed by atoms with Gasteiger partial charge < -0.3 is 11.1 Å². The number of primary amides is 1. The second-order valence-corrected chi connectivity index (χ2v) is 4.38. The minimum Gasteiger partial charge on any atom is -0.366 e. The van der Waals surface area contributed by atoms with Crippen LogP contribution in [0.3, 0.4) is 0 Å². The van der Waals surface area contributed by atoms with Crippen molar-refractivity contribution in [2.75, 3.05) is 5.32 Å². The van der Waals surface area contributed by atoms with Gasteiger partial charge in [-0.05, 0) is 29.3 Å². The van der Waals surface area contributed by atoms with Gasteiger partial charge in [0.25, 0.3) is 0 Å². The topological polar surface area (TPSA) is 85.1 Å². The number of benzene rings is 1. The number of carbonyl (C=O) groups excluding carboxylic acids is 2. The van der Waals surface area contributed by atoms with E-state index in [0.717, 1.165) is 16.8 Å². The summed E-state index contributed by atoms with van der Waals surface area (Å²) in [6.07, 6.45) is 3.49. The number of nitrogens with two attached hydrogens (primary N) is 1. The lowest BCUT2D eigenvalue weighted by molar-refractivity contribution is -0.115. The summed E-state index contributed by atoms with van der Waals surface area (Å²) in [7, 11) is 0. The van der Waals surface area contributed by atoms with Crippen LogP contribution >= 0.6 is 0 Å². The van der Waals surface area contributed by atoms with E-state index in [1.165, 1.54) is 6.20 Å². The van der Waals surface area contributed by atoms with Crippen molar-refractivity contribution in [3.8, 4) is 11.1 Å². The molecule has 2 aromatic rings. The molecule has 0 aliphatic carbocycles. The van der Waals surface area contributed by atoms with E-state index in [0.29, 0.717) is 17.5 Å². The van der Waals surface area contributed by atoms with Crippen LogP contribution in [0.5, 0.6) is 0 Å². The fourth-order valence-electron chi connectivity index (χ4n) is 2.24. The molecule has 2 heterocycles. The second-order valence-electron chi connectivity index (χ2n) is 4.38. The molecule has 94 valence electrons. The van der Waals surface area contributed by atoms with E-state index in [2.05, 4.69) is 10.3 Å². The number of hydrogen-bond acceptors (Lipinski definition) is 3. The summed E-state index contributed by atoms with van der Waals surface area (Å²) in [5.41, 5.74) is 9.02. The predicted molar refractivity (Wildman–Crippen MR) is 70.5 cm³/mol. The maximum atomic E-state index is 11.4. The Labute approximate surface area is 109 Å². The van der Waals surface area contributed by atoms with E-state index >= 15 is 0 Å². The van der Waals surface area contributed by atoms with Gasteiger partial charge in [0.2, 0.25) is 11.8 Å². The van der Waals surface area contributed by atoms with Crippen LogP contribution in [0.1, 0.15) is 15.9 Å². The Hall–Kier alpha value is -2.69. The smallest absolute Gasteiger partial charge is 0.249 e. The molecule has 1 aliphatic heterocycles. The Balaban J connectivity index is 2.11. The number of amides is 2. The number of nitrogens with one attached hydrogen (secondary N) is 1. The van der Waals surface area contributed by atoms with Crippen LogP contribution in [0.2, 0.25) is 0 Å². The van der Waals surface area contributed by atoms with Crippen molar-refractivity contribution >= 4 is 17.5 Å². The summed E-state index contributed by atoms with van der Waals surface area (Å²) in [6, 6.07) is 7.15. The molecule has 0 fully saturated rings. The Morgan fingerprint density at radius 3 is 2.95 bits per heavy atom. The fraction of sp³-hybridized carbons (Fsp3) is 0.0714. The quantitative estimate of drug-likeness (QED) is 0.847. The van der Waals surface area contributed by atoms with E-state index < -0.39 is 5.91 Å². The molecule has 5 heteroatoms. The molecular formula is C14H11N3O2. The van der Waals surface area contributed by atoms with Gasteiger partial charge in [-0.2, -0.15) is 0 Å². The van der Waals surface area contributed by atoms with Gasteiger partial charge in [0, 0.05) is 29.2 Å². The van der Waals surface area contributed by atoms with Crippen LogP contribution in [0.25, 0.3) is 11.1 Å². The highest BCUT2D eigenvalue weighted by Gasteiger charge is 2.19. The first-order valence-corrected chi connectivity index (χ1v) is 5.82. The van der Waals surface area contributed by atoms with Gasteiger partial charge in [-0.1, -0.05) is 6.07 Å². The number of fused-ring (bicyclic) bond motifs is 1. The first kappa shape index (κ1) is 11.4. The van der Waals surface area contributed by atoms with Crippen molar-refractivity contribution in [1.29, 1.82) is 0 Å². The van der Waals surface area contributed by atoms with E-state index in [9.17, 15) is 9.59 Å². The number of rotatable bonds is 2. The van der Waals surface area contributed by atoms with Crippen LogP contribution in [0.15, 0.2) is 36.7 Å². The Morgan fingerprint density at radius 1 is 1.32 bits per heavy atom. The molecule has 0 atom stereocenters. The van der Waals surface area contributed by atoms with Gasteiger partial charge in [-0.25, -0.2) is 0 Å². The third kappa shape index (κ3) is 1.95. The summed E-state index contributed by atoms with van der Waals surface area (Å²) in [6.45, 7) is 0. The highest BCUT2D eigenvalue weighted by molar-refractivity contribution is 6.02. The zero-order chi connectivity index (χ0) is 13.4. The lowest BCUT2D eigenvalue weighted by Gasteiger charge is -2.07. The fourth-order valence-corrected chi connectivity index (χ4v) is 2.24. The van der Waals surface area contributed by atoms with Crippen molar-refractivity contribution in [2.45, 2.75) is 6.42 Å². The van der Waals surface area contributed by atoms with Gasteiger partial charge in [0.15, 0.2) is 0 Å². The lowest BCUT2D eigenvalue weighted by atomic mass is 9.99. The van der Waals surface area contributed by atoms with Crippen molar-refractivity contribution in [1.82, 2.24) is 4.98 Å². The molecule has 0 unspecified atom stereocenters. The molecule has 1 aromatic carbocycles. The third-order valence-corrected chi connectivity index (χ3v) is 3.13. The van der Waals surface area contributed by atoms with E-state index in [4.69, 9.17) is 5.73 Å². The number of anilines is 1. The molecule has 0 radical (unpaired) electrons. The van der Waals surface area contributed by atoms with E-state index in [1.807, 2.05) is 18.2 Å². The van der Waals surface area contributed by atoms with Crippen LogP contribution < -0.4 is 11.1 Å². The molecule has 0 saturated carbocycles. The maximum absolute atomic E-state index is 11.4. The molecule has 0 saturated heterocycles. The number of hydrogen-bond donors (Lipinski definition) is 2. The summed E-state index contributed by atoms with van der Waals surface area (Å²) >= 11 is 0. The zero-order valence-electron chi connectivity index (χ0n) is 10.0. The average Bonchev–Trinajstić information content (AvgIpc) is 2.77. The molecule has 1 aromatic heterocycles. The molecular weight excluding hydrogens is 242 g/mol. The van der Waals surface area contributed by atoms with E-state index in [-0.39, 0.29) is 5.91 Å². The molecule has 5 nitrogen and oxygen atoms in total. The van der Waals surface area contributed by atoms with Gasteiger partial charge in [0.1, 0.15) is 0 Å². The molecule has 0 bridgehead atoms. The van der Waals surface area contributed by atoms with E-state index in [1.54, 1.807) is 12.3 Å². The summed E-state index contributed by atoms with van der Waals surface area (Å²) < 4.78 is 0. The SMILES string of the molecule is NC(=O)c1ccncc1-c1ccc2c(c1)CC(=O)N2. The van der Waals surface area contributed by atoms with Gasteiger partial charge >= 0.3 is 0 Å². The van der Waals surface area contributed by atoms with Crippen molar-refractivity contribution < 1.29 is 9.59 Å². The number of pyridine rings is 1. The van der Waals surface area contributed by atoms with Crippen molar-refractivity contribution in [3.63, 3.8) is 0 Å². The monoisotopic (exact) mass is 253 g/mol. The van der Waals surface area contributed by atoms with Gasteiger partial charge in [0.05, 0.1) is 6.42 Å². The van der Waals surface area contributed by atoms with Crippen LogP contribution in [0.4, 0.5) is 5.69 Å². The first-order valence-electron chi connectivity index (χ1n) is 5.82. The first-order chi connectivity index (χ1) is 9.15. The second kappa shape index (κ2) is 4.20. The normalized spacial score (nSPS) is 12.9. The standard InChI is InChI=1S/C14H11N3O2/c15-14(19)10-3-4-16-7-11(10)8-1-2-12-9(5-8)6-13(18)17-12/h1-5,7H,6H2,(H2,15,19)(H,17,18). The summed E-state index contributed by atoms with van der Waals surface area (Å²) in [5, 5.41) is 2.77. The lowest BCUT2D eigenvalue weighted by Crippen LogP contribution is -2.12. The highest BCUT2D eigenvalue weighted by atomic mass is 16.2. The molecule has 3 N–H and O–H groups in total. The molecule has 2 amide bonds. The molecule has 19 heavy (non-hydrogen) atoms. The highest BCUT2D eigenvalue weighted by Crippen LogP contribution is 2.30.